The van der Waals surface area contributed by atoms with E-state index in [1.54, 1.807) is 14.2 Å². The number of benzene rings is 1. The maximum absolute atomic E-state index is 9.18. The Hall–Kier alpha value is -1.26. The van der Waals surface area contributed by atoms with E-state index in [4.69, 9.17) is 14.2 Å². The lowest BCUT2D eigenvalue weighted by molar-refractivity contribution is 0.169. The molecule has 0 bridgehead atoms. The van der Waals surface area contributed by atoms with Gasteiger partial charge in [0.25, 0.3) is 0 Å². The molecule has 1 rings (SSSR count). The normalized spacial score (nSPS) is 10.2. The Balaban J connectivity index is 2.67. The van der Waals surface area contributed by atoms with Crippen molar-refractivity contribution in [3.05, 3.63) is 23.8 Å². The minimum Gasteiger partial charge on any atom is -0.493 e. The van der Waals surface area contributed by atoms with Crippen molar-refractivity contribution >= 4 is 0 Å². The molecule has 0 aliphatic carbocycles. The van der Waals surface area contributed by atoms with Crippen LogP contribution in [0.25, 0.3) is 0 Å². The molecule has 0 fully saturated rings. The lowest BCUT2D eigenvalue weighted by Crippen LogP contribution is -2.04. The second-order valence-electron chi connectivity index (χ2n) is 3.30. The van der Waals surface area contributed by atoms with Crippen molar-refractivity contribution in [2.24, 2.45) is 0 Å². The van der Waals surface area contributed by atoms with E-state index in [-0.39, 0.29) is 6.61 Å². The van der Waals surface area contributed by atoms with Crippen LogP contribution in [0.2, 0.25) is 0 Å². The number of hydrogen-bond acceptors (Lipinski definition) is 4. The highest BCUT2D eigenvalue weighted by Crippen LogP contribution is 2.31. The molecular weight excluding hydrogens is 208 g/mol. The maximum Gasteiger partial charge on any atom is 0.166 e. The summed E-state index contributed by atoms with van der Waals surface area (Å²) in [5, 5.41) is 9.18. The van der Waals surface area contributed by atoms with Gasteiger partial charge in [0.15, 0.2) is 11.5 Å². The van der Waals surface area contributed by atoms with Crippen LogP contribution >= 0.6 is 0 Å². The van der Waals surface area contributed by atoms with Crippen LogP contribution < -0.4 is 9.47 Å². The summed E-state index contributed by atoms with van der Waals surface area (Å²) >= 11 is 0. The van der Waals surface area contributed by atoms with Gasteiger partial charge in [-0.25, -0.2) is 0 Å². The van der Waals surface area contributed by atoms with Gasteiger partial charge in [-0.15, -0.1) is 0 Å². The van der Waals surface area contributed by atoms with Gasteiger partial charge in [0, 0.05) is 25.7 Å². The third kappa shape index (κ3) is 3.40. The zero-order chi connectivity index (χ0) is 11.8. The molecule has 4 nitrogen and oxygen atoms in total. The van der Waals surface area contributed by atoms with Crippen LogP contribution in [-0.2, 0) is 11.3 Å². The van der Waals surface area contributed by atoms with Crippen LogP contribution in [0.4, 0.5) is 0 Å². The van der Waals surface area contributed by atoms with Crippen LogP contribution in [0, 0.1) is 0 Å². The molecule has 0 amide bonds. The summed E-state index contributed by atoms with van der Waals surface area (Å²) < 4.78 is 15.7. The summed E-state index contributed by atoms with van der Waals surface area (Å²) in [5.41, 5.74) is 0.733. The summed E-state index contributed by atoms with van der Waals surface area (Å²) in [6.45, 7) is 1.14. The first kappa shape index (κ1) is 12.8. The summed E-state index contributed by atoms with van der Waals surface area (Å²) in [6, 6.07) is 5.45. The Labute approximate surface area is 95.8 Å². The Bertz CT molecular complexity index is 290. The second kappa shape index (κ2) is 7.09. The maximum atomic E-state index is 9.18. The Kier molecular flexibility index (Phi) is 5.67. The molecular formula is C12H18O4. The van der Waals surface area contributed by atoms with Gasteiger partial charge in [0.1, 0.15) is 0 Å². The number of hydrogen-bond donors (Lipinski definition) is 1. The summed E-state index contributed by atoms with van der Waals surface area (Å²) in [7, 11) is 3.24. The highest BCUT2D eigenvalue weighted by atomic mass is 16.5. The minimum atomic E-state index is -0.0587. The fourth-order valence-corrected chi connectivity index (χ4v) is 1.39. The zero-order valence-corrected chi connectivity index (χ0v) is 9.73. The van der Waals surface area contributed by atoms with Crippen molar-refractivity contribution in [2.45, 2.75) is 13.0 Å². The molecule has 0 radical (unpaired) electrons. The monoisotopic (exact) mass is 226 g/mol. The SMILES string of the molecule is COCCCOc1c(CO)cccc1OC. The van der Waals surface area contributed by atoms with E-state index >= 15 is 0 Å². The summed E-state index contributed by atoms with van der Waals surface area (Å²) in [6.07, 6.45) is 0.805. The van der Waals surface area contributed by atoms with E-state index in [9.17, 15) is 5.11 Å². The third-order valence-electron chi connectivity index (χ3n) is 2.19. The largest absolute Gasteiger partial charge is 0.493 e. The van der Waals surface area contributed by atoms with Crippen molar-refractivity contribution < 1.29 is 19.3 Å². The molecule has 0 atom stereocenters. The zero-order valence-electron chi connectivity index (χ0n) is 9.73. The molecule has 0 spiro atoms. The molecule has 0 aliphatic heterocycles. The first-order chi connectivity index (χ1) is 7.83. The van der Waals surface area contributed by atoms with Gasteiger partial charge >= 0.3 is 0 Å². The molecule has 1 aromatic carbocycles. The highest BCUT2D eigenvalue weighted by Gasteiger charge is 2.09. The molecule has 90 valence electrons. The minimum absolute atomic E-state index is 0.0587. The third-order valence-corrected chi connectivity index (χ3v) is 2.19. The average Bonchev–Trinajstić information content (AvgIpc) is 2.34. The fraction of sp³-hybridized carbons (Fsp3) is 0.500. The van der Waals surface area contributed by atoms with Crippen molar-refractivity contribution in [3.63, 3.8) is 0 Å². The summed E-state index contributed by atoms with van der Waals surface area (Å²) in [5.74, 6) is 1.26. The van der Waals surface area contributed by atoms with Gasteiger partial charge in [0.2, 0.25) is 0 Å². The first-order valence-electron chi connectivity index (χ1n) is 5.22. The topological polar surface area (TPSA) is 47.9 Å². The average molecular weight is 226 g/mol. The number of methoxy groups -OCH3 is 2. The van der Waals surface area contributed by atoms with Gasteiger partial charge in [-0.2, -0.15) is 0 Å². The van der Waals surface area contributed by atoms with Crippen molar-refractivity contribution in [3.8, 4) is 11.5 Å². The Morgan fingerprint density at radius 2 is 2.00 bits per heavy atom. The molecule has 0 aromatic heterocycles. The highest BCUT2D eigenvalue weighted by molar-refractivity contribution is 5.46. The molecule has 4 heteroatoms. The predicted octanol–water partition coefficient (Wildman–Crippen LogP) is 1.60. The van der Waals surface area contributed by atoms with Crippen molar-refractivity contribution in [1.29, 1.82) is 0 Å². The smallest absolute Gasteiger partial charge is 0.166 e. The molecule has 0 heterocycles. The van der Waals surface area contributed by atoms with Crippen LogP contribution in [0.15, 0.2) is 18.2 Å². The number of rotatable bonds is 7. The van der Waals surface area contributed by atoms with Gasteiger partial charge in [-0.3, -0.25) is 0 Å². The lowest BCUT2D eigenvalue weighted by Gasteiger charge is -2.13. The predicted molar refractivity (Wildman–Crippen MR) is 60.9 cm³/mol. The Morgan fingerprint density at radius 3 is 2.62 bits per heavy atom. The van der Waals surface area contributed by atoms with E-state index in [0.29, 0.717) is 24.7 Å². The van der Waals surface area contributed by atoms with Crippen LogP contribution in [0.3, 0.4) is 0 Å². The number of ether oxygens (including phenoxy) is 3. The van der Waals surface area contributed by atoms with Crippen LogP contribution in [0.5, 0.6) is 11.5 Å². The van der Waals surface area contributed by atoms with Crippen LogP contribution in [-0.4, -0.2) is 32.5 Å². The molecule has 0 unspecified atom stereocenters. The first-order valence-corrected chi connectivity index (χ1v) is 5.22. The lowest BCUT2D eigenvalue weighted by atomic mass is 10.2. The molecule has 0 saturated carbocycles. The van der Waals surface area contributed by atoms with E-state index in [1.165, 1.54) is 0 Å². The number of aliphatic hydroxyl groups excluding tert-OH is 1. The van der Waals surface area contributed by atoms with Gasteiger partial charge in [-0.05, 0) is 6.07 Å². The molecule has 0 aliphatic rings. The fourth-order valence-electron chi connectivity index (χ4n) is 1.39. The van der Waals surface area contributed by atoms with E-state index < -0.39 is 0 Å². The van der Waals surface area contributed by atoms with Gasteiger partial charge in [-0.1, -0.05) is 12.1 Å². The van der Waals surface area contributed by atoms with Gasteiger partial charge < -0.3 is 19.3 Å². The quantitative estimate of drug-likeness (QED) is 0.717. The van der Waals surface area contributed by atoms with E-state index in [1.807, 2.05) is 18.2 Å². The molecule has 16 heavy (non-hydrogen) atoms. The molecule has 1 N–H and O–H groups in total. The summed E-state index contributed by atoms with van der Waals surface area (Å²) in [4.78, 5) is 0. The standard InChI is InChI=1S/C12H18O4/c1-14-7-4-8-16-12-10(9-13)5-3-6-11(12)15-2/h3,5-6,13H,4,7-9H2,1-2H3. The number of aliphatic hydroxyl groups is 1. The van der Waals surface area contributed by atoms with Crippen molar-refractivity contribution in [1.82, 2.24) is 0 Å². The van der Waals surface area contributed by atoms with Gasteiger partial charge in [0.05, 0.1) is 20.3 Å². The van der Waals surface area contributed by atoms with E-state index in [2.05, 4.69) is 0 Å². The number of para-hydroxylation sites is 1. The Morgan fingerprint density at radius 1 is 1.19 bits per heavy atom. The molecule has 1 aromatic rings. The van der Waals surface area contributed by atoms with E-state index in [0.717, 1.165) is 12.0 Å². The van der Waals surface area contributed by atoms with Crippen molar-refractivity contribution in [2.75, 3.05) is 27.4 Å². The molecule has 0 saturated heterocycles. The second-order valence-corrected chi connectivity index (χ2v) is 3.30. The van der Waals surface area contributed by atoms with Crippen LogP contribution in [0.1, 0.15) is 12.0 Å².